The van der Waals surface area contributed by atoms with E-state index < -0.39 is 21.8 Å². The Hall–Kier alpha value is -3.78. The second kappa shape index (κ2) is 13.9. The first-order chi connectivity index (χ1) is 20.2. The van der Waals surface area contributed by atoms with Crippen molar-refractivity contribution in [1.82, 2.24) is 19.0 Å². The fraction of sp³-hybridized carbons (Fsp3) is 0.414. The first kappa shape index (κ1) is 31.2. The summed E-state index contributed by atoms with van der Waals surface area (Å²) in [7, 11) is -3.91. The molecule has 12 nitrogen and oxygen atoms in total. The van der Waals surface area contributed by atoms with Gasteiger partial charge in [0.05, 0.1) is 29.4 Å². The number of anilines is 1. The number of hydrogen-bond donors (Lipinski definition) is 3. The van der Waals surface area contributed by atoms with Gasteiger partial charge in [-0.15, -0.1) is 0 Å². The minimum atomic E-state index is -3.91. The van der Waals surface area contributed by atoms with Gasteiger partial charge in [0.25, 0.3) is 11.8 Å². The molecule has 0 spiro atoms. The summed E-state index contributed by atoms with van der Waals surface area (Å²) in [4.78, 5) is 28.4. The number of amides is 2. The lowest BCUT2D eigenvalue weighted by molar-refractivity contribution is 0.1000. The van der Waals surface area contributed by atoms with Crippen molar-refractivity contribution in [2.75, 3.05) is 51.3 Å². The van der Waals surface area contributed by atoms with Crippen LogP contribution in [0.4, 0.5) is 5.82 Å². The van der Waals surface area contributed by atoms with Crippen molar-refractivity contribution in [3.8, 4) is 5.75 Å². The number of nitrogens with zero attached hydrogens (tertiary/aromatic N) is 4. The molecule has 2 amide bonds. The van der Waals surface area contributed by atoms with Crippen LogP contribution in [0.3, 0.4) is 0 Å². The lowest BCUT2D eigenvalue weighted by Gasteiger charge is -2.33. The van der Waals surface area contributed by atoms with Crippen molar-refractivity contribution in [3.63, 3.8) is 0 Å². The number of nitrogens with two attached hydrogens (primary N) is 1. The molecule has 2 heterocycles. The zero-order valence-corrected chi connectivity index (χ0v) is 24.8. The lowest BCUT2D eigenvalue weighted by atomic mass is 10.1. The number of aliphatic hydroxyl groups is 1. The van der Waals surface area contributed by atoms with Gasteiger partial charge in [0.1, 0.15) is 17.1 Å². The maximum atomic E-state index is 13.8. The van der Waals surface area contributed by atoms with Gasteiger partial charge in [-0.2, -0.15) is 9.40 Å². The van der Waals surface area contributed by atoms with E-state index in [4.69, 9.17) is 10.5 Å². The lowest BCUT2D eigenvalue weighted by Crippen LogP contribution is -2.49. The molecule has 13 heteroatoms. The third kappa shape index (κ3) is 6.98. The highest BCUT2D eigenvalue weighted by molar-refractivity contribution is 7.89. The number of carbonyl (C=O) groups excluding carboxylic acids is 2. The molecule has 0 aliphatic carbocycles. The standard InChI is InChI=1S/C29H38N6O6S/c1-3-12-35-28(26(27(30)37)24(32-35)19-21-8-6-5-7-9-21)31-29(38)23-20-22(10-11-25(23)41-4-2)42(39,40)34-15-13-33(14-16-34)17-18-36/h5-11,20,36H,3-4,12-19H2,1-2H3,(H2,30,37)(H,31,38). The number of ether oxygens (including phenoxy) is 1. The molecule has 1 aromatic heterocycles. The maximum absolute atomic E-state index is 13.8. The second-order valence-electron chi connectivity index (χ2n) is 9.93. The molecule has 4 N–H and O–H groups in total. The van der Waals surface area contributed by atoms with Crippen LogP contribution < -0.4 is 15.8 Å². The molecule has 0 unspecified atom stereocenters. The van der Waals surface area contributed by atoms with Gasteiger partial charge in [0.2, 0.25) is 10.0 Å². The van der Waals surface area contributed by atoms with E-state index >= 15 is 0 Å². The zero-order chi connectivity index (χ0) is 30.3. The number of rotatable bonds is 13. The number of nitrogens with one attached hydrogen (secondary N) is 1. The Morgan fingerprint density at radius 2 is 1.76 bits per heavy atom. The van der Waals surface area contributed by atoms with Gasteiger partial charge >= 0.3 is 0 Å². The molecule has 1 aliphatic rings. The van der Waals surface area contributed by atoms with Crippen molar-refractivity contribution in [2.24, 2.45) is 5.73 Å². The first-order valence-corrected chi connectivity index (χ1v) is 15.5. The van der Waals surface area contributed by atoms with Crippen LogP contribution in [0.1, 0.15) is 52.2 Å². The summed E-state index contributed by atoms with van der Waals surface area (Å²) in [6, 6.07) is 13.7. The predicted octanol–water partition coefficient (Wildman–Crippen LogP) is 1.93. The van der Waals surface area contributed by atoms with Crippen LogP contribution >= 0.6 is 0 Å². The first-order valence-electron chi connectivity index (χ1n) is 14.0. The minimum absolute atomic E-state index is 0.00104. The number of aromatic nitrogens is 2. The summed E-state index contributed by atoms with van der Waals surface area (Å²) in [6.07, 6.45) is 1.01. The molecule has 4 rings (SSSR count). The molecule has 3 aromatic rings. The second-order valence-corrected chi connectivity index (χ2v) is 11.9. The maximum Gasteiger partial charge on any atom is 0.260 e. The number of β-amino-alcohol motifs (C(OH)–C–C–N with tert-alkyl or cyclic N) is 1. The fourth-order valence-corrected chi connectivity index (χ4v) is 6.42. The van der Waals surface area contributed by atoms with Crippen LogP contribution in [-0.2, 0) is 23.0 Å². The summed E-state index contributed by atoms with van der Waals surface area (Å²) < 4.78 is 35.6. The number of aryl methyl sites for hydroxylation is 1. The van der Waals surface area contributed by atoms with E-state index in [1.54, 1.807) is 11.6 Å². The quantitative estimate of drug-likeness (QED) is 0.269. The largest absolute Gasteiger partial charge is 0.493 e. The van der Waals surface area contributed by atoms with Crippen LogP contribution in [0.15, 0.2) is 53.4 Å². The summed E-state index contributed by atoms with van der Waals surface area (Å²) >= 11 is 0. The molecule has 1 fully saturated rings. The van der Waals surface area contributed by atoms with E-state index in [-0.39, 0.29) is 53.9 Å². The van der Waals surface area contributed by atoms with Gasteiger partial charge in [-0.05, 0) is 37.1 Å². The van der Waals surface area contributed by atoms with E-state index in [2.05, 4.69) is 10.4 Å². The summed E-state index contributed by atoms with van der Waals surface area (Å²) in [5, 5.41) is 16.6. The van der Waals surface area contributed by atoms with Crippen molar-refractivity contribution in [1.29, 1.82) is 0 Å². The van der Waals surface area contributed by atoms with Gasteiger partial charge in [-0.25, -0.2) is 13.1 Å². The van der Waals surface area contributed by atoms with Gasteiger partial charge < -0.3 is 20.9 Å². The Balaban J connectivity index is 1.68. The molecule has 0 bridgehead atoms. The minimum Gasteiger partial charge on any atom is -0.493 e. The third-order valence-corrected chi connectivity index (χ3v) is 8.93. The van der Waals surface area contributed by atoms with Crippen molar-refractivity contribution in [2.45, 2.75) is 38.1 Å². The molecule has 2 aromatic carbocycles. The van der Waals surface area contributed by atoms with Crippen LogP contribution in [0.25, 0.3) is 0 Å². The normalized spacial score (nSPS) is 14.5. The van der Waals surface area contributed by atoms with Gasteiger partial charge in [0, 0.05) is 45.7 Å². The van der Waals surface area contributed by atoms with Crippen molar-refractivity contribution < 1.29 is 27.9 Å². The van der Waals surface area contributed by atoms with Crippen molar-refractivity contribution in [3.05, 3.63) is 70.9 Å². The zero-order valence-electron chi connectivity index (χ0n) is 24.0. The molecule has 226 valence electrons. The SMILES string of the molecule is CCCn1nc(Cc2ccccc2)c(C(N)=O)c1NC(=O)c1cc(S(=O)(=O)N2CCN(CCO)CC2)ccc1OCC. The van der Waals surface area contributed by atoms with Gasteiger partial charge in [0.15, 0.2) is 0 Å². The predicted molar refractivity (Wildman–Crippen MR) is 158 cm³/mol. The number of hydrogen-bond acceptors (Lipinski definition) is 8. The molecule has 0 atom stereocenters. The molecule has 0 saturated carbocycles. The van der Waals surface area contributed by atoms with Crippen LogP contribution in [0, 0.1) is 0 Å². The van der Waals surface area contributed by atoms with E-state index in [1.807, 2.05) is 42.2 Å². The number of sulfonamides is 1. The molecule has 1 aliphatic heterocycles. The highest BCUT2D eigenvalue weighted by Crippen LogP contribution is 2.29. The molecule has 0 radical (unpaired) electrons. The number of piperazine rings is 1. The molecular formula is C29H38N6O6S. The van der Waals surface area contributed by atoms with Crippen LogP contribution in [0.5, 0.6) is 5.75 Å². The molecule has 42 heavy (non-hydrogen) atoms. The smallest absolute Gasteiger partial charge is 0.260 e. The Morgan fingerprint density at radius 3 is 2.38 bits per heavy atom. The van der Waals surface area contributed by atoms with E-state index in [1.165, 1.54) is 22.5 Å². The summed E-state index contributed by atoms with van der Waals surface area (Å²) in [6.45, 7) is 6.37. The summed E-state index contributed by atoms with van der Waals surface area (Å²) in [5.41, 5.74) is 7.25. The average molecular weight is 599 g/mol. The third-order valence-electron chi connectivity index (χ3n) is 7.03. The van der Waals surface area contributed by atoms with Gasteiger partial charge in [-0.1, -0.05) is 37.3 Å². The molecular weight excluding hydrogens is 560 g/mol. The number of carbonyl (C=O) groups is 2. The van der Waals surface area contributed by atoms with Crippen LogP contribution in [-0.4, -0.2) is 90.3 Å². The number of benzene rings is 2. The number of primary amides is 1. The van der Waals surface area contributed by atoms with E-state index in [0.717, 1.165) is 5.56 Å². The Labute approximate surface area is 246 Å². The highest BCUT2D eigenvalue weighted by atomic mass is 32.2. The van der Waals surface area contributed by atoms with E-state index in [0.29, 0.717) is 44.7 Å². The monoisotopic (exact) mass is 598 g/mol. The van der Waals surface area contributed by atoms with Crippen LogP contribution in [0.2, 0.25) is 0 Å². The number of aliphatic hydroxyl groups excluding tert-OH is 1. The summed E-state index contributed by atoms with van der Waals surface area (Å²) in [5.74, 6) is -1.04. The molecule has 1 saturated heterocycles. The Morgan fingerprint density at radius 1 is 1.05 bits per heavy atom. The van der Waals surface area contributed by atoms with Crippen molar-refractivity contribution >= 4 is 27.7 Å². The topological polar surface area (TPSA) is 160 Å². The highest BCUT2D eigenvalue weighted by Gasteiger charge is 2.31. The Bertz CT molecular complexity index is 1500. The Kier molecular flexibility index (Phi) is 10.3. The average Bonchev–Trinajstić information content (AvgIpc) is 3.30. The fourth-order valence-electron chi connectivity index (χ4n) is 4.97. The van der Waals surface area contributed by atoms with E-state index in [9.17, 15) is 23.1 Å². The van der Waals surface area contributed by atoms with Gasteiger partial charge in [-0.3, -0.25) is 14.5 Å².